The van der Waals surface area contributed by atoms with E-state index in [1.807, 2.05) is 11.0 Å². The van der Waals surface area contributed by atoms with Crippen molar-refractivity contribution in [2.24, 2.45) is 0 Å². The van der Waals surface area contributed by atoms with Crippen LogP contribution in [0.5, 0.6) is 0 Å². The third-order valence-electron chi connectivity index (χ3n) is 4.72. The summed E-state index contributed by atoms with van der Waals surface area (Å²) in [6.07, 6.45) is 0. The number of benzene rings is 1. The van der Waals surface area contributed by atoms with Crippen molar-refractivity contribution in [3.05, 3.63) is 47.4 Å². The van der Waals surface area contributed by atoms with E-state index in [-0.39, 0.29) is 5.91 Å². The van der Waals surface area contributed by atoms with Gasteiger partial charge in [-0.05, 0) is 31.7 Å². The molecule has 3 rings (SSSR count). The fourth-order valence-electron chi connectivity index (χ4n) is 3.16. The number of methoxy groups -OCH3 is 1. The fourth-order valence-corrected chi connectivity index (χ4v) is 3.16. The zero-order valence-corrected chi connectivity index (χ0v) is 16.4. The first-order valence-corrected chi connectivity index (χ1v) is 9.33. The van der Waals surface area contributed by atoms with Gasteiger partial charge in [-0.15, -0.1) is 0 Å². The van der Waals surface area contributed by atoms with Gasteiger partial charge in [0.25, 0.3) is 5.91 Å². The molecule has 148 valence electrons. The zero-order valence-electron chi connectivity index (χ0n) is 16.4. The van der Waals surface area contributed by atoms with E-state index in [1.165, 1.54) is 7.11 Å². The van der Waals surface area contributed by atoms with Gasteiger partial charge in [-0.25, -0.2) is 14.8 Å². The third kappa shape index (κ3) is 4.64. The van der Waals surface area contributed by atoms with Gasteiger partial charge in [0.1, 0.15) is 17.3 Å². The molecule has 1 N–H and O–H groups in total. The molecule has 0 atom stereocenters. The van der Waals surface area contributed by atoms with Crippen molar-refractivity contribution in [3.8, 4) is 0 Å². The Hall–Kier alpha value is -3.00. The molecule has 0 radical (unpaired) electrons. The fraction of sp³-hybridized carbons (Fsp3) is 0.400. The number of nitrogens with zero attached hydrogens (tertiary/aromatic N) is 4. The second-order valence-electron chi connectivity index (χ2n) is 6.61. The van der Waals surface area contributed by atoms with Crippen molar-refractivity contribution in [2.45, 2.75) is 13.8 Å². The van der Waals surface area contributed by atoms with Crippen LogP contribution in [0.15, 0.2) is 30.3 Å². The number of piperazine rings is 1. The van der Waals surface area contributed by atoms with Crippen LogP contribution in [0.1, 0.15) is 33.6 Å². The minimum atomic E-state index is -0.412. The van der Waals surface area contributed by atoms with E-state index in [0.29, 0.717) is 41.7 Å². The standard InChI is InChI=1S/C20H25N5O3/c1-4-24-8-10-25(11-9-24)19(26)17-13-18(22-14(2)21-17)23-16-7-5-6-15(12-16)20(27)28-3/h5-7,12-13H,4,8-11H2,1-3H3,(H,21,22,23). The van der Waals surface area contributed by atoms with Crippen molar-refractivity contribution < 1.29 is 14.3 Å². The summed E-state index contributed by atoms with van der Waals surface area (Å²) in [5.74, 6) is 0.506. The Kier molecular flexibility index (Phi) is 6.20. The monoisotopic (exact) mass is 383 g/mol. The molecule has 1 amide bonds. The third-order valence-corrected chi connectivity index (χ3v) is 4.72. The normalized spacial score (nSPS) is 14.6. The summed E-state index contributed by atoms with van der Waals surface area (Å²) in [7, 11) is 1.34. The van der Waals surface area contributed by atoms with E-state index in [9.17, 15) is 9.59 Å². The summed E-state index contributed by atoms with van der Waals surface area (Å²) >= 11 is 0. The molecule has 8 nitrogen and oxygen atoms in total. The summed E-state index contributed by atoms with van der Waals surface area (Å²) in [6.45, 7) is 8.00. The molecule has 1 aliphatic rings. The van der Waals surface area contributed by atoms with E-state index in [4.69, 9.17) is 4.74 Å². The maximum absolute atomic E-state index is 12.9. The zero-order chi connectivity index (χ0) is 20.1. The van der Waals surface area contributed by atoms with Crippen LogP contribution in [0.4, 0.5) is 11.5 Å². The molecule has 0 bridgehead atoms. The molecule has 0 saturated carbocycles. The lowest BCUT2D eigenvalue weighted by Crippen LogP contribution is -2.48. The van der Waals surface area contributed by atoms with Gasteiger partial charge in [-0.2, -0.15) is 0 Å². The lowest BCUT2D eigenvalue weighted by molar-refractivity contribution is 0.0599. The summed E-state index contributed by atoms with van der Waals surface area (Å²) < 4.78 is 4.75. The number of aromatic nitrogens is 2. The Morgan fingerprint density at radius 1 is 1.14 bits per heavy atom. The molecule has 28 heavy (non-hydrogen) atoms. The predicted molar refractivity (Wildman–Crippen MR) is 106 cm³/mol. The number of rotatable bonds is 5. The average molecular weight is 383 g/mol. The Bertz CT molecular complexity index is 863. The largest absolute Gasteiger partial charge is 0.465 e. The molecule has 1 aromatic heterocycles. The van der Waals surface area contributed by atoms with Crippen molar-refractivity contribution in [3.63, 3.8) is 0 Å². The van der Waals surface area contributed by atoms with Crippen molar-refractivity contribution in [2.75, 3.05) is 45.2 Å². The van der Waals surface area contributed by atoms with Crippen LogP contribution in [-0.4, -0.2) is 71.5 Å². The molecular formula is C20H25N5O3. The molecule has 0 unspecified atom stereocenters. The first-order chi connectivity index (χ1) is 13.5. The van der Waals surface area contributed by atoms with Crippen LogP contribution in [0.2, 0.25) is 0 Å². The topological polar surface area (TPSA) is 87.7 Å². The van der Waals surface area contributed by atoms with Crippen LogP contribution in [0.3, 0.4) is 0 Å². The van der Waals surface area contributed by atoms with Crippen LogP contribution in [-0.2, 0) is 4.74 Å². The van der Waals surface area contributed by atoms with Crippen molar-refractivity contribution in [1.29, 1.82) is 0 Å². The average Bonchev–Trinajstić information content (AvgIpc) is 2.72. The number of hydrogen-bond acceptors (Lipinski definition) is 7. The summed E-state index contributed by atoms with van der Waals surface area (Å²) in [5, 5.41) is 3.14. The van der Waals surface area contributed by atoms with E-state index in [1.54, 1.807) is 31.2 Å². The smallest absolute Gasteiger partial charge is 0.337 e. The highest BCUT2D eigenvalue weighted by atomic mass is 16.5. The van der Waals surface area contributed by atoms with Gasteiger partial charge >= 0.3 is 5.97 Å². The van der Waals surface area contributed by atoms with Crippen LogP contribution in [0, 0.1) is 6.92 Å². The molecule has 2 aromatic rings. The molecule has 2 heterocycles. The second-order valence-corrected chi connectivity index (χ2v) is 6.61. The van der Waals surface area contributed by atoms with Crippen LogP contribution < -0.4 is 5.32 Å². The number of aryl methyl sites for hydroxylation is 1. The Morgan fingerprint density at radius 2 is 1.89 bits per heavy atom. The Balaban J connectivity index is 1.76. The minimum absolute atomic E-state index is 0.0902. The van der Waals surface area contributed by atoms with Gasteiger partial charge in [-0.1, -0.05) is 13.0 Å². The number of likely N-dealkylation sites (N-methyl/N-ethyl adjacent to an activating group) is 1. The quantitative estimate of drug-likeness (QED) is 0.791. The minimum Gasteiger partial charge on any atom is -0.465 e. The Labute approximate surface area is 164 Å². The number of amides is 1. The second kappa shape index (κ2) is 8.79. The van der Waals surface area contributed by atoms with Gasteiger partial charge in [0.15, 0.2) is 0 Å². The molecule has 8 heteroatoms. The molecule has 1 fully saturated rings. The van der Waals surface area contributed by atoms with Crippen molar-refractivity contribution >= 4 is 23.4 Å². The maximum Gasteiger partial charge on any atom is 0.337 e. The molecule has 1 saturated heterocycles. The lowest BCUT2D eigenvalue weighted by atomic mass is 10.2. The van der Waals surface area contributed by atoms with Crippen LogP contribution >= 0.6 is 0 Å². The first-order valence-electron chi connectivity index (χ1n) is 9.33. The molecule has 1 aliphatic heterocycles. The SMILES string of the molecule is CCN1CCN(C(=O)c2cc(Nc3cccc(C(=O)OC)c3)nc(C)n2)CC1. The summed E-state index contributed by atoms with van der Waals surface area (Å²) in [4.78, 5) is 37.4. The number of ether oxygens (including phenoxy) is 1. The van der Waals surface area contributed by atoms with Crippen molar-refractivity contribution in [1.82, 2.24) is 19.8 Å². The molecule has 1 aromatic carbocycles. The van der Waals surface area contributed by atoms with Gasteiger partial charge in [0.2, 0.25) is 0 Å². The lowest BCUT2D eigenvalue weighted by Gasteiger charge is -2.33. The van der Waals surface area contributed by atoms with E-state index >= 15 is 0 Å². The molecule has 0 spiro atoms. The highest BCUT2D eigenvalue weighted by Crippen LogP contribution is 2.18. The summed E-state index contributed by atoms with van der Waals surface area (Å²) in [5.41, 5.74) is 1.48. The van der Waals surface area contributed by atoms with Crippen LogP contribution in [0.25, 0.3) is 0 Å². The first kappa shape index (κ1) is 19.8. The van der Waals surface area contributed by atoms with E-state index in [0.717, 1.165) is 19.6 Å². The summed E-state index contributed by atoms with van der Waals surface area (Å²) in [6, 6.07) is 8.56. The highest BCUT2D eigenvalue weighted by Gasteiger charge is 2.23. The predicted octanol–water partition coefficient (Wildman–Crippen LogP) is 2.09. The van der Waals surface area contributed by atoms with Gasteiger partial charge in [0, 0.05) is 37.9 Å². The number of carbonyl (C=O) groups is 2. The number of nitrogens with one attached hydrogen (secondary N) is 1. The number of esters is 1. The highest BCUT2D eigenvalue weighted by molar-refractivity contribution is 5.93. The van der Waals surface area contributed by atoms with E-state index < -0.39 is 5.97 Å². The maximum atomic E-state index is 12.9. The van der Waals surface area contributed by atoms with Gasteiger partial charge < -0.3 is 19.9 Å². The molecule has 0 aliphatic carbocycles. The number of carbonyl (C=O) groups excluding carboxylic acids is 2. The van der Waals surface area contributed by atoms with Gasteiger partial charge in [-0.3, -0.25) is 4.79 Å². The Morgan fingerprint density at radius 3 is 2.57 bits per heavy atom. The molecular weight excluding hydrogens is 358 g/mol. The number of hydrogen-bond donors (Lipinski definition) is 1. The van der Waals surface area contributed by atoms with E-state index in [2.05, 4.69) is 27.1 Å². The number of anilines is 2. The van der Waals surface area contributed by atoms with Gasteiger partial charge in [0.05, 0.1) is 12.7 Å².